The van der Waals surface area contributed by atoms with Crippen LogP contribution in [0, 0.1) is 11.3 Å². The van der Waals surface area contributed by atoms with E-state index in [-0.39, 0.29) is 0 Å². The van der Waals surface area contributed by atoms with E-state index in [1.165, 1.54) is 0 Å². The Morgan fingerprint density at radius 2 is 2.25 bits per heavy atom. The van der Waals surface area contributed by atoms with Gasteiger partial charge in [-0.1, -0.05) is 26.0 Å². The third-order valence-corrected chi connectivity index (χ3v) is 2.96. The van der Waals surface area contributed by atoms with E-state index in [0.717, 1.165) is 38.2 Å². The van der Waals surface area contributed by atoms with E-state index in [1.54, 1.807) is 0 Å². The predicted octanol–water partition coefficient (Wildman–Crippen LogP) is 1.70. The molecule has 1 atom stereocenters. The Bertz CT molecular complexity index is 295. The van der Waals surface area contributed by atoms with Crippen molar-refractivity contribution in [3.8, 4) is 6.07 Å². The SMILES string of the molecule is CCN(CC)CCNC1C=CC(C#N)=CC1. The first-order valence-corrected chi connectivity index (χ1v) is 6.04. The average Bonchev–Trinajstić information content (AvgIpc) is 2.35. The van der Waals surface area contributed by atoms with Gasteiger partial charge in [0.05, 0.1) is 6.07 Å². The highest BCUT2D eigenvalue weighted by molar-refractivity contribution is 5.36. The number of hydrogen-bond acceptors (Lipinski definition) is 3. The summed E-state index contributed by atoms with van der Waals surface area (Å²) >= 11 is 0. The topological polar surface area (TPSA) is 39.1 Å². The van der Waals surface area contributed by atoms with Crippen LogP contribution in [0.5, 0.6) is 0 Å². The fourth-order valence-electron chi connectivity index (χ4n) is 1.80. The van der Waals surface area contributed by atoms with Crippen LogP contribution in [0.15, 0.2) is 23.8 Å². The molecule has 1 aliphatic carbocycles. The molecular weight excluding hydrogens is 198 g/mol. The molecule has 0 fully saturated rings. The Kier molecular flexibility index (Phi) is 5.84. The minimum absolute atomic E-state index is 0.396. The van der Waals surface area contributed by atoms with Gasteiger partial charge in [-0.25, -0.2) is 0 Å². The summed E-state index contributed by atoms with van der Waals surface area (Å²) in [5, 5.41) is 12.2. The minimum Gasteiger partial charge on any atom is -0.309 e. The summed E-state index contributed by atoms with van der Waals surface area (Å²) in [5.74, 6) is 0. The molecular formula is C13H21N3. The second-order valence-electron chi connectivity index (χ2n) is 3.95. The monoisotopic (exact) mass is 219 g/mol. The second-order valence-corrected chi connectivity index (χ2v) is 3.95. The zero-order chi connectivity index (χ0) is 11.8. The Morgan fingerprint density at radius 1 is 1.50 bits per heavy atom. The largest absolute Gasteiger partial charge is 0.309 e. The Hall–Kier alpha value is -1.11. The number of nitrogens with zero attached hydrogens (tertiary/aromatic N) is 2. The summed E-state index contributed by atoms with van der Waals surface area (Å²) < 4.78 is 0. The van der Waals surface area contributed by atoms with Gasteiger partial charge in [-0.2, -0.15) is 5.26 Å². The normalized spacial score (nSPS) is 19.6. The van der Waals surface area contributed by atoms with E-state index in [2.05, 4.69) is 36.2 Å². The van der Waals surface area contributed by atoms with E-state index in [9.17, 15) is 0 Å². The summed E-state index contributed by atoms with van der Waals surface area (Å²) in [6, 6.07) is 2.55. The summed E-state index contributed by atoms with van der Waals surface area (Å²) in [5.41, 5.74) is 0.779. The quantitative estimate of drug-likeness (QED) is 0.739. The molecule has 0 aromatic rings. The number of nitrogens with one attached hydrogen (secondary N) is 1. The van der Waals surface area contributed by atoms with Crippen LogP contribution in [0.4, 0.5) is 0 Å². The van der Waals surface area contributed by atoms with Crippen molar-refractivity contribution in [2.45, 2.75) is 26.3 Å². The Balaban J connectivity index is 2.19. The van der Waals surface area contributed by atoms with Crippen molar-refractivity contribution >= 4 is 0 Å². The molecule has 0 radical (unpaired) electrons. The molecule has 3 heteroatoms. The Morgan fingerprint density at radius 3 is 2.75 bits per heavy atom. The molecule has 1 rings (SSSR count). The highest BCUT2D eigenvalue weighted by atomic mass is 15.1. The fourth-order valence-corrected chi connectivity index (χ4v) is 1.80. The van der Waals surface area contributed by atoms with E-state index in [1.807, 2.05) is 12.2 Å². The lowest BCUT2D eigenvalue weighted by Crippen LogP contribution is -2.36. The van der Waals surface area contributed by atoms with Crippen molar-refractivity contribution in [2.24, 2.45) is 0 Å². The molecule has 0 saturated heterocycles. The first-order chi connectivity index (χ1) is 7.80. The van der Waals surface area contributed by atoms with Crippen LogP contribution in [-0.4, -0.2) is 37.1 Å². The van der Waals surface area contributed by atoms with Gasteiger partial charge in [0.2, 0.25) is 0 Å². The van der Waals surface area contributed by atoms with Gasteiger partial charge in [-0.05, 0) is 25.6 Å². The van der Waals surface area contributed by atoms with Gasteiger partial charge in [0.1, 0.15) is 0 Å². The summed E-state index contributed by atoms with van der Waals surface area (Å²) in [6.45, 7) is 8.69. The molecule has 1 aliphatic rings. The summed E-state index contributed by atoms with van der Waals surface area (Å²) in [4.78, 5) is 2.40. The minimum atomic E-state index is 0.396. The van der Waals surface area contributed by atoms with Crippen molar-refractivity contribution in [1.29, 1.82) is 5.26 Å². The van der Waals surface area contributed by atoms with Crippen LogP contribution in [0.1, 0.15) is 20.3 Å². The van der Waals surface area contributed by atoms with Crippen LogP contribution in [0.2, 0.25) is 0 Å². The first kappa shape index (κ1) is 13.0. The van der Waals surface area contributed by atoms with Crippen molar-refractivity contribution in [2.75, 3.05) is 26.2 Å². The van der Waals surface area contributed by atoms with Gasteiger partial charge in [0.25, 0.3) is 0 Å². The van der Waals surface area contributed by atoms with Gasteiger partial charge in [-0.3, -0.25) is 0 Å². The molecule has 0 bridgehead atoms. The molecule has 0 aliphatic heterocycles. The highest BCUT2D eigenvalue weighted by Gasteiger charge is 2.07. The lowest BCUT2D eigenvalue weighted by molar-refractivity contribution is 0.299. The molecule has 0 saturated carbocycles. The number of likely N-dealkylation sites (N-methyl/N-ethyl adjacent to an activating group) is 1. The van der Waals surface area contributed by atoms with Crippen molar-refractivity contribution in [3.63, 3.8) is 0 Å². The summed E-state index contributed by atoms with van der Waals surface area (Å²) in [7, 11) is 0. The third-order valence-electron chi connectivity index (χ3n) is 2.96. The molecule has 0 heterocycles. The first-order valence-electron chi connectivity index (χ1n) is 6.04. The van der Waals surface area contributed by atoms with Gasteiger partial charge in [-0.15, -0.1) is 0 Å². The molecule has 0 aromatic heterocycles. The van der Waals surface area contributed by atoms with Gasteiger partial charge < -0.3 is 10.2 Å². The van der Waals surface area contributed by atoms with Crippen LogP contribution >= 0.6 is 0 Å². The lowest BCUT2D eigenvalue weighted by atomic mass is 10.0. The molecule has 1 unspecified atom stereocenters. The maximum atomic E-state index is 8.69. The van der Waals surface area contributed by atoms with Gasteiger partial charge >= 0.3 is 0 Å². The van der Waals surface area contributed by atoms with E-state index >= 15 is 0 Å². The highest BCUT2D eigenvalue weighted by Crippen LogP contribution is 2.09. The number of nitriles is 1. The summed E-state index contributed by atoms with van der Waals surface area (Å²) in [6.07, 6.45) is 6.91. The van der Waals surface area contributed by atoms with Gasteiger partial charge in [0.15, 0.2) is 0 Å². The van der Waals surface area contributed by atoms with Gasteiger partial charge in [0, 0.05) is 24.7 Å². The molecule has 16 heavy (non-hydrogen) atoms. The molecule has 88 valence electrons. The standard InChI is InChI=1S/C13H21N3/c1-3-16(4-2)10-9-15-13-7-5-12(11-14)6-8-13/h5-7,13,15H,3-4,8-10H2,1-2H3. The van der Waals surface area contributed by atoms with Crippen LogP contribution in [0.25, 0.3) is 0 Å². The lowest BCUT2D eigenvalue weighted by Gasteiger charge is -2.21. The molecule has 3 nitrogen and oxygen atoms in total. The van der Waals surface area contributed by atoms with E-state index < -0.39 is 0 Å². The van der Waals surface area contributed by atoms with Crippen molar-refractivity contribution < 1.29 is 0 Å². The van der Waals surface area contributed by atoms with Crippen LogP contribution < -0.4 is 5.32 Å². The van der Waals surface area contributed by atoms with Crippen molar-refractivity contribution in [1.82, 2.24) is 10.2 Å². The predicted molar refractivity (Wildman–Crippen MR) is 67.0 cm³/mol. The molecule has 0 amide bonds. The molecule has 0 aromatic carbocycles. The zero-order valence-electron chi connectivity index (χ0n) is 10.2. The second kappa shape index (κ2) is 7.21. The average molecular weight is 219 g/mol. The Labute approximate surface area is 98.4 Å². The van der Waals surface area contributed by atoms with Crippen LogP contribution in [0.3, 0.4) is 0 Å². The maximum Gasteiger partial charge on any atom is 0.0988 e. The number of allylic oxidation sites excluding steroid dienone is 2. The number of hydrogen-bond donors (Lipinski definition) is 1. The molecule has 0 spiro atoms. The van der Waals surface area contributed by atoms with Crippen molar-refractivity contribution in [3.05, 3.63) is 23.8 Å². The van der Waals surface area contributed by atoms with E-state index in [0.29, 0.717) is 6.04 Å². The maximum absolute atomic E-state index is 8.69. The third kappa shape index (κ3) is 4.18. The molecule has 1 N–H and O–H groups in total. The van der Waals surface area contributed by atoms with E-state index in [4.69, 9.17) is 5.26 Å². The zero-order valence-corrected chi connectivity index (χ0v) is 10.2. The van der Waals surface area contributed by atoms with Crippen LogP contribution in [-0.2, 0) is 0 Å². The fraction of sp³-hybridized carbons (Fsp3) is 0.615. The number of rotatable bonds is 6. The smallest absolute Gasteiger partial charge is 0.0988 e.